The number of amides is 1. The molecule has 102 valence electrons. The standard InChI is InChI=1S/C9H5F3N2O5/c10-9(11,12)5-2-7(14(18)19)4(3-15)1-6(5)13-8(16)17/h1-3,13H,(H,16,17). The van der Waals surface area contributed by atoms with E-state index in [2.05, 4.69) is 0 Å². The number of nitrogens with one attached hydrogen (secondary N) is 1. The average Bonchev–Trinajstić information content (AvgIpc) is 2.25. The van der Waals surface area contributed by atoms with Crippen molar-refractivity contribution in [2.24, 2.45) is 0 Å². The highest BCUT2D eigenvalue weighted by Crippen LogP contribution is 2.38. The van der Waals surface area contributed by atoms with E-state index in [9.17, 15) is 32.9 Å². The Morgan fingerprint density at radius 1 is 1.42 bits per heavy atom. The molecule has 0 heterocycles. The third-order valence-electron chi connectivity index (χ3n) is 2.04. The van der Waals surface area contributed by atoms with E-state index >= 15 is 0 Å². The van der Waals surface area contributed by atoms with E-state index in [-0.39, 0.29) is 12.4 Å². The van der Waals surface area contributed by atoms with Gasteiger partial charge in [0.25, 0.3) is 5.69 Å². The summed E-state index contributed by atoms with van der Waals surface area (Å²) in [5.74, 6) is 0. The molecular weight excluding hydrogens is 273 g/mol. The summed E-state index contributed by atoms with van der Waals surface area (Å²) in [6.45, 7) is 0. The van der Waals surface area contributed by atoms with Crippen molar-refractivity contribution < 1.29 is 32.8 Å². The van der Waals surface area contributed by atoms with Gasteiger partial charge in [0.1, 0.15) is 0 Å². The molecule has 0 saturated heterocycles. The van der Waals surface area contributed by atoms with Gasteiger partial charge in [0.05, 0.1) is 21.7 Å². The molecule has 0 aliphatic heterocycles. The SMILES string of the molecule is O=Cc1cc(NC(=O)O)c(C(F)(F)F)cc1[N+](=O)[O-]. The molecule has 2 N–H and O–H groups in total. The molecule has 0 spiro atoms. The van der Waals surface area contributed by atoms with Crippen LogP contribution in [0.25, 0.3) is 0 Å². The third-order valence-corrected chi connectivity index (χ3v) is 2.04. The average molecular weight is 278 g/mol. The van der Waals surface area contributed by atoms with Gasteiger partial charge < -0.3 is 5.11 Å². The summed E-state index contributed by atoms with van der Waals surface area (Å²) < 4.78 is 37.9. The molecule has 0 aromatic heterocycles. The molecule has 0 aliphatic rings. The molecule has 0 bridgehead atoms. The van der Waals surface area contributed by atoms with E-state index in [1.165, 1.54) is 5.32 Å². The predicted octanol–water partition coefficient (Wildman–Crippen LogP) is 2.52. The van der Waals surface area contributed by atoms with Crippen molar-refractivity contribution in [3.63, 3.8) is 0 Å². The van der Waals surface area contributed by atoms with Gasteiger partial charge in [-0.05, 0) is 6.07 Å². The minimum atomic E-state index is -5.01. The summed E-state index contributed by atoms with van der Waals surface area (Å²) in [6.07, 6.45) is -6.84. The molecule has 1 aromatic carbocycles. The van der Waals surface area contributed by atoms with Crippen molar-refractivity contribution in [2.75, 3.05) is 5.32 Å². The maximum atomic E-state index is 12.6. The smallest absolute Gasteiger partial charge is 0.418 e. The van der Waals surface area contributed by atoms with Crippen LogP contribution in [-0.2, 0) is 6.18 Å². The molecule has 7 nitrogen and oxygen atoms in total. The van der Waals surface area contributed by atoms with E-state index in [1.807, 2.05) is 0 Å². The summed E-state index contributed by atoms with van der Waals surface area (Å²) in [5.41, 5.74) is -4.22. The van der Waals surface area contributed by atoms with Crippen LogP contribution in [0.4, 0.5) is 29.3 Å². The number of hydrogen-bond acceptors (Lipinski definition) is 4. The van der Waals surface area contributed by atoms with Gasteiger partial charge in [-0.2, -0.15) is 13.2 Å². The van der Waals surface area contributed by atoms with Crippen LogP contribution in [0.3, 0.4) is 0 Å². The Kier molecular flexibility index (Phi) is 3.73. The lowest BCUT2D eigenvalue weighted by molar-refractivity contribution is -0.385. The monoisotopic (exact) mass is 278 g/mol. The van der Waals surface area contributed by atoms with Gasteiger partial charge in [0.15, 0.2) is 6.29 Å². The molecule has 1 amide bonds. The molecule has 0 aliphatic carbocycles. The summed E-state index contributed by atoms with van der Waals surface area (Å²) >= 11 is 0. The Labute approximate surface area is 102 Å². The van der Waals surface area contributed by atoms with Crippen LogP contribution < -0.4 is 5.32 Å². The van der Waals surface area contributed by atoms with Crippen LogP contribution in [0.15, 0.2) is 12.1 Å². The fourth-order valence-electron chi connectivity index (χ4n) is 1.31. The van der Waals surface area contributed by atoms with Gasteiger partial charge in [-0.25, -0.2) is 4.79 Å². The Balaban J connectivity index is 3.57. The Morgan fingerprint density at radius 3 is 2.37 bits per heavy atom. The fourth-order valence-corrected chi connectivity index (χ4v) is 1.31. The largest absolute Gasteiger partial charge is 0.465 e. The van der Waals surface area contributed by atoms with Crippen LogP contribution in [0, 0.1) is 10.1 Å². The van der Waals surface area contributed by atoms with Crippen LogP contribution >= 0.6 is 0 Å². The summed E-state index contributed by atoms with van der Waals surface area (Å²) in [7, 11) is 0. The third kappa shape index (κ3) is 3.18. The molecule has 1 aromatic rings. The highest BCUT2D eigenvalue weighted by atomic mass is 19.4. The Morgan fingerprint density at radius 2 is 2.00 bits per heavy atom. The van der Waals surface area contributed by atoms with Gasteiger partial charge in [-0.3, -0.25) is 20.2 Å². The number of aldehydes is 1. The topological polar surface area (TPSA) is 110 Å². The molecule has 0 radical (unpaired) electrons. The van der Waals surface area contributed by atoms with E-state index in [1.54, 1.807) is 0 Å². The zero-order valence-electron chi connectivity index (χ0n) is 8.89. The Hall–Kier alpha value is -2.65. The number of carbonyl (C=O) groups is 2. The molecule has 0 fully saturated rings. The van der Waals surface area contributed by atoms with Crippen LogP contribution in [0.5, 0.6) is 0 Å². The fraction of sp³-hybridized carbons (Fsp3) is 0.111. The van der Waals surface area contributed by atoms with E-state index < -0.39 is 39.7 Å². The minimum Gasteiger partial charge on any atom is -0.465 e. The van der Waals surface area contributed by atoms with Gasteiger partial charge in [0.2, 0.25) is 0 Å². The summed E-state index contributed by atoms with van der Waals surface area (Å²) in [6, 6.07) is 0.567. The van der Waals surface area contributed by atoms with Gasteiger partial charge in [0, 0.05) is 6.07 Å². The number of carboxylic acid groups (broad SMARTS) is 1. The highest BCUT2D eigenvalue weighted by Gasteiger charge is 2.36. The number of benzene rings is 1. The van der Waals surface area contributed by atoms with E-state index in [4.69, 9.17) is 5.11 Å². The number of nitro groups is 1. The number of halogens is 3. The normalized spacial score (nSPS) is 10.9. The molecule has 0 unspecified atom stereocenters. The van der Waals surface area contributed by atoms with Crippen molar-refractivity contribution in [3.8, 4) is 0 Å². The van der Waals surface area contributed by atoms with Crippen LogP contribution in [-0.4, -0.2) is 22.4 Å². The molecule has 0 saturated carbocycles. The van der Waals surface area contributed by atoms with E-state index in [0.29, 0.717) is 6.07 Å². The first-order chi connectivity index (χ1) is 8.66. The second-order valence-electron chi connectivity index (χ2n) is 3.26. The van der Waals surface area contributed by atoms with Gasteiger partial charge >= 0.3 is 12.3 Å². The van der Waals surface area contributed by atoms with E-state index in [0.717, 1.165) is 0 Å². The quantitative estimate of drug-likeness (QED) is 0.501. The second kappa shape index (κ2) is 4.92. The molecule has 10 heteroatoms. The number of nitro benzene ring substituents is 1. The molecule has 19 heavy (non-hydrogen) atoms. The first-order valence-electron chi connectivity index (χ1n) is 4.51. The molecule has 1 rings (SSSR count). The van der Waals surface area contributed by atoms with Gasteiger partial charge in [-0.1, -0.05) is 0 Å². The predicted molar refractivity (Wildman–Crippen MR) is 55.1 cm³/mol. The number of anilines is 1. The number of nitrogens with zero attached hydrogens (tertiary/aromatic N) is 1. The van der Waals surface area contributed by atoms with Crippen molar-refractivity contribution in [3.05, 3.63) is 33.4 Å². The second-order valence-corrected chi connectivity index (χ2v) is 3.26. The number of alkyl halides is 3. The number of rotatable bonds is 3. The first-order valence-corrected chi connectivity index (χ1v) is 4.51. The number of hydrogen-bond donors (Lipinski definition) is 2. The highest BCUT2D eigenvalue weighted by molar-refractivity contribution is 5.90. The number of carbonyl (C=O) groups excluding carboxylic acids is 1. The maximum absolute atomic E-state index is 12.6. The Bertz CT molecular complexity index is 556. The zero-order chi connectivity index (χ0) is 14.8. The lowest BCUT2D eigenvalue weighted by Gasteiger charge is -2.13. The summed E-state index contributed by atoms with van der Waals surface area (Å²) in [5, 5.41) is 20.4. The van der Waals surface area contributed by atoms with Crippen molar-refractivity contribution in [1.29, 1.82) is 0 Å². The van der Waals surface area contributed by atoms with Crippen molar-refractivity contribution >= 4 is 23.8 Å². The van der Waals surface area contributed by atoms with Crippen LogP contribution in [0.2, 0.25) is 0 Å². The van der Waals surface area contributed by atoms with Crippen molar-refractivity contribution in [2.45, 2.75) is 6.18 Å². The lowest BCUT2D eigenvalue weighted by Crippen LogP contribution is -2.15. The van der Waals surface area contributed by atoms with Crippen molar-refractivity contribution in [1.82, 2.24) is 0 Å². The first kappa shape index (κ1) is 14.4. The molecular formula is C9H5F3N2O5. The lowest BCUT2D eigenvalue weighted by atomic mass is 10.1. The molecule has 0 atom stereocenters. The minimum absolute atomic E-state index is 0.0364. The van der Waals surface area contributed by atoms with Crippen LogP contribution in [0.1, 0.15) is 15.9 Å². The zero-order valence-corrected chi connectivity index (χ0v) is 8.89. The van der Waals surface area contributed by atoms with Gasteiger partial charge in [-0.15, -0.1) is 0 Å². The maximum Gasteiger partial charge on any atom is 0.418 e. The summed E-state index contributed by atoms with van der Waals surface area (Å²) in [4.78, 5) is 30.3.